The molecule has 0 aromatic heterocycles. The van der Waals surface area contributed by atoms with Crippen LogP contribution >= 0.6 is 7.80 Å². The van der Waals surface area contributed by atoms with Crippen LogP contribution in [0.4, 0.5) is 0 Å². The monoisotopic (exact) mass is 152 g/mol. The molecule has 0 amide bonds. The van der Waals surface area contributed by atoms with Gasteiger partial charge in [-0.15, -0.1) is 0 Å². The number of hydrogen-bond donors (Lipinski definition) is 1. The van der Waals surface area contributed by atoms with Crippen molar-refractivity contribution in [3.63, 3.8) is 0 Å². The van der Waals surface area contributed by atoms with Gasteiger partial charge in [0.15, 0.2) is 0 Å². The summed E-state index contributed by atoms with van der Waals surface area (Å²) in [5.41, 5.74) is 0. The van der Waals surface area contributed by atoms with Gasteiger partial charge < -0.3 is 9.67 Å². The molecule has 0 saturated heterocycles. The molecule has 0 aliphatic rings. The highest BCUT2D eigenvalue weighted by Gasteiger charge is 1.84. The molecule has 0 aromatic carbocycles. The molecule has 0 aliphatic carbocycles. The van der Waals surface area contributed by atoms with Crippen molar-refractivity contribution >= 4 is 14.3 Å². The first kappa shape index (κ1) is 11.5. The maximum absolute atomic E-state index is 10.4. The molecular weight excluding hydrogens is 139 g/mol. The van der Waals surface area contributed by atoms with E-state index in [0.29, 0.717) is 0 Å². The zero-order chi connectivity index (χ0) is 7.70. The van der Waals surface area contributed by atoms with E-state index < -0.39 is 7.80 Å². The third-order valence-corrected chi connectivity index (χ3v) is 2.37. The maximum atomic E-state index is 10.4. The third kappa shape index (κ3) is 18.3. The van der Waals surface area contributed by atoms with E-state index in [1.165, 1.54) is 0 Å². The standard InChI is InChI=1S/C4H11OP.CH2O2/c1-3-6(5)4-2;2-1-3/h6H,3-4H2,1-2H3;1H,(H,2,3). The van der Waals surface area contributed by atoms with Gasteiger partial charge in [0.25, 0.3) is 6.47 Å². The van der Waals surface area contributed by atoms with Gasteiger partial charge in [-0.25, -0.2) is 0 Å². The van der Waals surface area contributed by atoms with Crippen molar-refractivity contribution < 1.29 is 14.5 Å². The summed E-state index contributed by atoms with van der Waals surface area (Å²) in [7, 11) is -1.12. The molecule has 0 bridgehead atoms. The second kappa shape index (κ2) is 10.6. The van der Waals surface area contributed by atoms with Crippen molar-refractivity contribution in [1.29, 1.82) is 0 Å². The van der Waals surface area contributed by atoms with Crippen LogP contribution in [0.1, 0.15) is 13.8 Å². The summed E-state index contributed by atoms with van der Waals surface area (Å²) in [6, 6.07) is 0. The summed E-state index contributed by atoms with van der Waals surface area (Å²) in [5.74, 6) is 0. The fourth-order valence-electron chi connectivity index (χ4n) is 0.250. The van der Waals surface area contributed by atoms with Crippen LogP contribution in [-0.4, -0.2) is 23.9 Å². The van der Waals surface area contributed by atoms with Gasteiger partial charge in [-0.05, 0) is 12.3 Å². The SMILES string of the molecule is CC[PH](=O)CC.O=CO. The van der Waals surface area contributed by atoms with Crippen LogP contribution < -0.4 is 0 Å². The number of rotatable bonds is 2. The fraction of sp³-hybridized carbons (Fsp3) is 0.800. The minimum Gasteiger partial charge on any atom is -0.483 e. The maximum Gasteiger partial charge on any atom is 0.290 e. The Morgan fingerprint density at radius 1 is 1.44 bits per heavy atom. The lowest BCUT2D eigenvalue weighted by Crippen LogP contribution is -1.66. The van der Waals surface area contributed by atoms with Gasteiger partial charge >= 0.3 is 0 Å². The molecule has 0 rings (SSSR count). The zero-order valence-electron chi connectivity index (χ0n) is 5.76. The first-order chi connectivity index (χ1) is 4.22. The lowest BCUT2D eigenvalue weighted by molar-refractivity contribution is -0.122. The first-order valence-electron chi connectivity index (χ1n) is 2.82. The van der Waals surface area contributed by atoms with Crippen LogP contribution in [0.15, 0.2) is 0 Å². The molecule has 0 atom stereocenters. The van der Waals surface area contributed by atoms with Gasteiger partial charge in [-0.3, -0.25) is 4.79 Å². The molecule has 0 aromatic rings. The number of hydrogen-bond acceptors (Lipinski definition) is 2. The van der Waals surface area contributed by atoms with Crippen LogP contribution in [-0.2, 0) is 9.36 Å². The molecule has 0 fully saturated rings. The average Bonchev–Trinajstić information content (AvgIpc) is 1.88. The molecule has 0 unspecified atom stereocenters. The normalized spacial score (nSPS) is 7.89. The van der Waals surface area contributed by atoms with Crippen LogP contribution in [0.5, 0.6) is 0 Å². The van der Waals surface area contributed by atoms with E-state index in [-0.39, 0.29) is 6.47 Å². The number of carboxylic acid groups (broad SMARTS) is 1. The molecule has 0 radical (unpaired) electrons. The lowest BCUT2D eigenvalue weighted by atomic mass is 11.0. The minimum absolute atomic E-state index is 0.250. The molecule has 9 heavy (non-hydrogen) atoms. The summed E-state index contributed by atoms with van der Waals surface area (Å²) >= 11 is 0. The molecule has 0 aliphatic heterocycles. The topological polar surface area (TPSA) is 54.4 Å². The smallest absolute Gasteiger partial charge is 0.290 e. The van der Waals surface area contributed by atoms with Crippen molar-refractivity contribution in [2.45, 2.75) is 13.8 Å². The highest BCUT2D eigenvalue weighted by molar-refractivity contribution is 7.44. The molecule has 56 valence electrons. The Hall–Kier alpha value is -0.300. The summed E-state index contributed by atoms with van der Waals surface area (Å²) in [5, 5.41) is 6.89. The van der Waals surface area contributed by atoms with E-state index in [9.17, 15) is 4.57 Å². The molecule has 0 spiro atoms. The summed E-state index contributed by atoms with van der Waals surface area (Å²) in [6.45, 7) is 3.68. The second-order valence-corrected chi connectivity index (χ2v) is 3.84. The van der Waals surface area contributed by atoms with Gasteiger partial charge in [0.05, 0.1) is 7.80 Å². The first-order valence-corrected chi connectivity index (χ1v) is 4.64. The zero-order valence-corrected chi connectivity index (χ0v) is 6.76. The van der Waals surface area contributed by atoms with Crippen molar-refractivity contribution in [3.8, 4) is 0 Å². The Balaban J connectivity index is 0. The van der Waals surface area contributed by atoms with E-state index in [1.807, 2.05) is 13.8 Å². The minimum atomic E-state index is -1.12. The van der Waals surface area contributed by atoms with Crippen LogP contribution in [0.25, 0.3) is 0 Å². The predicted molar refractivity (Wildman–Crippen MR) is 38.8 cm³/mol. The highest BCUT2D eigenvalue weighted by Crippen LogP contribution is 2.16. The molecular formula is C5H13O3P. The Morgan fingerprint density at radius 3 is 1.67 bits per heavy atom. The van der Waals surface area contributed by atoms with E-state index in [4.69, 9.17) is 9.90 Å². The van der Waals surface area contributed by atoms with Crippen LogP contribution in [0.2, 0.25) is 0 Å². The van der Waals surface area contributed by atoms with Gasteiger partial charge in [0.2, 0.25) is 0 Å². The van der Waals surface area contributed by atoms with Crippen molar-refractivity contribution in [2.75, 3.05) is 12.3 Å². The molecule has 0 heterocycles. The largest absolute Gasteiger partial charge is 0.483 e. The third-order valence-electron chi connectivity index (χ3n) is 0.789. The predicted octanol–water partition coefficient (Wildman–Crippen LogP) is 1.29. The van der Waals surface area contributed by atoms with Crippen LogP contribution in [0, 0.1) is 0 Å². The van der Waals surface area contributed by atoms with Crippen molar-refractivity contribution in [2.24, 2.45) is 0 Å². The quantitative estimate of drug-likeness (QED) is 0.479. The van der Waals surface area contributed by atoms with Crippen molar-refractivity contribution in [1.82, 2.24) is 0 Å². The highest BCUT2D eigenvalue weighted by atomic mass is 31.1. The lowest BCUT2D eigenvalue weighted by Gasteiger charge is -1.83. The molecule has 4 heteroatoms. The van der Waals surface area contributed by atoms with E-state index >= 15 is 0 Å². The van der Waals surface area contributed by atoms with E-state index in [0.717, 1.165) is 12.3 Å². The second-order valence-electron chi connectivity index (χ2n) is 1.35. The van der Waals surface area contributed by atoms with Crippen LogP contribution in [0.3, 0.4) is 0 Å². The average molecular weight is 152 g/mol. The van der Waals surface area contributed by atoms with Gasteiger partial charge in [-0.1, -0.05) is 13.8 Å². The molecule has 3 nitrogen and oxygen atoms in total. The Labute approximate surface area is 55.9 Å². The Morgan fingerprint density at radius 2 is 1.67 bits per heavy atom. The molecule has 0 saturated carbocycles. The van der Waals surface area contributed by atoms with E-state index in [2.05, 4.69) is 0 Å². The summed E-state index contributed by atoms with van der Waals surface area (Å²) in [4.78, 5) is 8.36. The van der Waals surface area contributed by atoms with Gasteiger partial charge in [0, 0.05) is 0 Å². The fourth-order valence-corrected chi connectivity index (χ4v) is 0.750. The molecule has 1 N–H and O–H groups in total. The van der Waals surface area contributed by atoms with Gasteiger partial charge in [0.1, 0.15) is 0 Å². The van der Waals surface area contributed by atoms with Crippen molar-refractivity contribution in [3.05, 3.63) is 0 Å². The van der Waals surface area contributed by atoms with Gasteiger partial charge in [-0.2, -0.15) is 0 Å². The summed E-state index contributed by atoms with van der Waals surface area (Å²) in [6.07, 6.45) is 1.75. The Kier molecular flexibility index (Phi) is 13.6. The van der Waals surface area contributed by atoms with E-state index in [1.54, 1.807) is 0 Å². The summed E-state index contributed by atoms with van der Waals surface area (Å²) < 4.78 is 10.4. The Bertz CT molecular complexity index is 76.3. The number of carbonyl (C=O) groups is 1.